The Morgan fingerprint density at radius 2 is 1.90 bits per heavy atom. The molecule has 0 radical (unpaired) electrons. The number of nitrogens with zero attached hydrogens (tertiary/aromatic N) is 1. The fourth-order valence-electron chi connectivity index (χ4n) is 2.54. The molecule has 0 aromatic heterocycles. The van der Waals surface area contributed by atoms with E-state index in [1.807, 2.05) is 0 Å². The van der Waals surface area contributed by atoms with E-state index in [2.05, 4.69) is 13.8 Å². The number of halogens is 1. The van der Waals surface area contributed by atoms with Crippen molar-refractivity contribution in [3.63, 3.8) is 0 Å². The predicted molar refractivity (Wildman–Crippen MR) is 79.6 cm³/mol. The van der Waals surface area contributed by atoms with E-state index < -0.39 is 0 Å². The van der Waals surface area contributed by atoms with Crippen LogP contribution in [0.2, 0.25) is 0 Å². The Balaban J connectivity index is 1.91. The van der Waals surface area contributed by atoms with Gasteiger partial charge in [0.05, 0.1) is 0 Å². The van der Waals surface area contributed by atoms with Gasteiger partial charge >= 0.3 is 0 Å². The molecule has 1 aliphatic rings. The van der Waals surface area contributed by atoms with Crippen molar-refractivity contribution in [2.45, 2.75) is 39.5 Å². The van der Waals surface area contributed by atoms with Crippen LogP contribution in [0.1, 0.15) is 49.9 Å². The average Bonchev–Trinajstić information content (AvgIpc) is 2.57. The molecule has 0 bridgehead atoms. The Bertz CT molecular complexity index is 522. The van der Waals surface area contributed by atoms with Crippen LogP contribution in [0.4, 0.5) is 4.39 Å². The van der Waals surface area contributed by atoms with Crippen LogP contribution in [0.5, 0.6) is 0 Å². The Morgan fingerprint density at radius 3 is 2.57 bits per heavy atom. The fourth-order valence-corrected chi connectivity index (χ4v) is 2.54. The van der Waals surface area contributed by atoms with Gasteiger partial charge in [-0.05, 0) is 42.5 Å². The van der Waals surface area contributed by atoms with Crippen molar-refractivity contribution in [3.05, 3.63) is 35.6 Å². The van der Waals surface area contributed by atoms with Crippen molar-refractivity contribution in [1.29, 1.82) is 0 Å². The molecule has 1 aromatic carbocycles. The van der Waals surface area contributed by atoms with Crippen LogP contribution in [0.25, 0.3) is 0 Å². The van der Waals surface area contributed by atoms with E-state index in [9.17, 15) is 14.0 Å². The first-order chi connectivity index (χ1) is 9.87. The van der Waals surface area contributed by atoms with Gasteiger partial charge in [-0.25, -0.2) is 4.39 Å². The number of rotatable bonds is 4. The highest BCUT2D eigenvalue weighted by atomic mass is 19.1. The lowest BCUT2D eigenvalue weighted by Gasteiger charge is -2.23. The minimum absolute atomic E-state index is 0.0497. The van der Waals surface area contributed by atoms with Crippen molar-refractivity contribution >= 4 is 11.7 Å². The molecule has 0 aliphatic carbocycles. The van der Waals surface area contributed by atoms with E-state index in [1.165, 1.54) is 24.3 Å². The Morgan fingerprint density at radius 1 is 1.24 bits per heavy atom. The van der Waals surface area contributed by atoms with Crippen LogP contribution in [0.3, 0.4) is 0 Å². The molecule has 3 nitrogen and oxygen atoms in total. The topological polar surface area (TPSA) is 37.4 Å². The van der Waals surface area contributed by atoms with Gasteiger partial charge in [0.2, 0.25) is 5.91 Å². The lowest BCUT2D eigenvalue weighted by molar-refractivity contribution is -0.130. The molecule has 1 fully saturated rings. The lowest BCUT2D eigenvalue weighted by Crippen LogP contribution is -2.32. The summed E-state index contributed by atoms with van der Waals surface area (Å²) < 4.78 is 12.8. The Kier molecular flexibility index (Phi) is 4.76. The third-order valence-corrected chi connectivity index (χ3v) is 4.20. The van der Waals surface area contributed by atoms with Gasteiger partial charge in [0.25, 0.3) is 0 Å². The second kappa shape index (κ2) is 6.37. The minimum atomic E-state index is -0.350. The van der Waals surface area contributed by atoms with Gasteiger partial charge < -0.3 is 4.90 Å². The molecule has 0 N–H and O–H groups in total. The summed E-state index contributed by atoms with van der Waals surface area (Å²) in [6.45, 7) is 5.51. The quantitative estimate of drug-likeness (QED) is 0.797. The van der Waals surface area contributed by atoms with Crippen molar-refractivity contribution in [2.24, 2.45) is 5.41 Å². The summed E-state index contributed by atoms with van der Waals surface area (Å²) in [7, 11) is 0. The highest BCUT2D eigenvalue weighted by Gasteiger charge is 2.27. The molecule has 1 saturated heterocycles. The molecule has 0 saturated carbocycles. The zero-order valence-corrected chi connectivity index (χ0v) is 12.7. The summed E-state index contributed by atoms with van der Waals surface area (Å²) >= 11 is 0. The third kappa shape index (κ3) is 4.38. The zero-order valence-electron chi connectivity index (χ0n) is 12.7. The van der Waals surface area contributed by atoms with Gasteiger partial charge in [0.15, 0.2) is 5.78 Å². The van der Waals surface area contributed by atoms with Crippen LogP contribution < -0.4 is 0 Å². The number of hydrogen-bond donors (Lipinski definition) is 0. The van der Waals surface area contributed by atoms with Gasteiger partial charge in [-0.1, -0.05) is 13.8 Å². The number of Topliss-reactive ketones (excluding diaryl/α,β-unsaturated/α-hetero) is 1. The van der Waals surface area contributed by atoms with Crippen molar-refractivity contribution in [2.75, 3.05) is 13.1 Å². The summed E-state index contributed by atoms with van der Waals surface area (Å²) in [6.07, 6.45) is 2.70. The third-order valence-electron chi connectivity index (χ3n) is 4.20. The van der Waals surface area contributed by atoms with E-state index in [-0.39, 0.29) is 29.3 Å². The largest absolute Gasteiger partial charge is 0.342 e. The molecule has 0 unspecified atom stereocenters. The van der Waals surface area contributed by atoms with Crippen LogP contribution in [0.15, 0.2) is 24.3 Å². The maximum absolute atomic E-state index is 12.8. The number of carbonyl (C=O) groups excluding carboxylic acids is 2. The number of hydrogen-bond acceptors (Lipinski definition) is 2. The molecule has 1 amide bonds. The first-order valence-corrected chi connectivity index (χ1v) is 7.44. The van der Waals surface area contributed by atoms with Gasteiger partial charge in [0.1, 0.15) is 5.82 Å². The maximum Gasteiger partial charge on any atom is 0.222 e. The summed E-state index contributed by atoms with van der Waals surface area (Å²) in [4.78, 5) is 25.9. The van der Waals surface area contributed by atoms with Crippen LogP contribution in [-0.2, 0) is 4.79 Å². The second-order valence-corrected chi connectivity index (χ2v) is 6.48. The van der Waals surface area contributed by atoms with Crippen molar-refractivity contribution in [3.8, 4) is 0 Å². The number of ketones is 1. The Hall–Kier alpha value is -1.71. The smallest absolute Gasteiger partial charge is 0.222 e. The lowest BCUT2D eigenvalue weighted by atomic mass is 9.85. The second-order valence-electron chi connectivity index (χ2n) is 6.48. The molecular weight excluding hydrogens is 269 g/mol. The van der Waals surface area contributed by atoms with Crippen LogP contribution >= 0.6 is 0 Å². The van der Waals surface area contributed by atoms with Gasteiger partial charge in [-0.15, -0.1) is 0 Å². The highest BCUT2D eigenvalue weighted by Crippen LogP contribution is 2.30. The summed E-state index contributed by atoms with van der Waals surface area (Å²) in [6, 6.07) is 5.55. The zero-order chi connectivity index (χ0) is 15.5. The monoisotopic (exact) mass is 291 g/mol. The van der Waals surface area contributed by atoms with Crippen molar-refractivity contribution in [1.82, 2.24) is 4.90 Å². The van der Waals surface area contributed by atoms with Crippen LogP contribution in [0, 0.1) is 11.2 Å². The molecule has 1 aliphatic heterocycles. The fraction of sp³-hybridized carbons (Fsp3) is 0.529. The number of carbonyl (C=O) groups is 2. The molecule has 4 heteroatoms. The minimum Gasteiger partial charge on any atom is -0.342 e. The van der Waals surface area contributed by atoms with Crippen LogP contribution in [-0.4, -0.2) is 29.7 Å². The van der Waals surface area contributed by atoms with E-state index in [1.54, 1.807) is 4.90 Å². The normalized spacial score (nSPS) is 18.4. The maximum atomic E-state index is 12.8. The van der Waals surface area contributed by atoms with E-state index >= 15 is 0 Å². The summed E-state index contributed by atoms with van der Waals surface area (Å²) in [5, 5.41) is 0. The first kappa shape index (κ1) is 15.7. The van der Waals surface area contributed by atoms with E-state index in [0.29, 0.717) is 25.1 Å². The van der Waals surface area contributed by atoms with Gasteiger partial charge in [0, 0.05) is 31.5 Å². The first-order valence-electron chi connectivity index (χ1n) is 7.44. The molecule has 0 atom stereocenters. The molecule has 114 valence electrons. The SMILES string of the molecule is CC1(C)CCC(=O)N(CCC(=O)c2ccc(F)cc2)CC1. The van der Waals surface area contributed by atoms with Gasteiger partial charge in [-0.3, -0.25) is 9.59 Å². The molecule has 1 aromatic rings. The number of amides is 1. The molecule has 0 spiro atoms. The van der Waals surface area contributed by atoms with Gasteiger partial charge in [-0.2, -0.15) is 0 Å². The van der Waals surface area contributed by atoms with Crippen molar-refractivity contribution < 1.29 is 14.0 Å². The molecule has 2 rings (SSSR count). The summed E-state index contributed by atoms with van der Waals surface area (Å²) in [5.74, 6) is -0.268. The Labute approximate surface area is 125 Å². The highest BCUT2D eigenvalue weighted by molar-refractivity contribution is 5.96. The average molecular weight is 291 g/mol. The molecule has 21 heavy (non-hydrogen) atoms. The van der Waals surface area contributed by atoms with E-state index in [0.717, 1.165) is 12.8 Å². The number of benzene rings is 1. The predicted octanol–water partition coefficient (Wildman–Crippen LogP) is 3.44. The molecular formula is C17H22FNO2. The number of likely N-dealkylation sites (tertiary alicyclic amines) is 1. The summed E-state index contributed by atoms with van der Waals surface area (Å²) in [5.41, 5.74) is 0.685. The molecule has 1 heterocycles. The van der Waals surface area contributed by atoms with E-state index in [4.69, 9.17) is 0 Å². The standard InChI is InChI=1S/C17H22FNO2/c1-17(2)9-7-16(21)19(12-10-17)11-8-15(20)13-3-5-14(18)6-4-13/h3-6H,7-12H2,1-2H3.